The molecule has 0 spiro atoms. The van der Waals surface area contributed by atoms with Crippen molar-refractivity contribution in [3.8, 4) is 11.5 Å². The quantitative estimate of drug-likeness (QED) is 0.354. The molecule has 2 atom stereocenters. The van der Waals surface area contributed by atoms with Crippen LogP contribution in [-0.2, 0) is 14.3 Å². The van der Waals surface area contributed by atoms with E-state index in [-0.39, 0.29) is 17.4 Å². The van der Waals surface area contributed by atoms with Crippen LogP contribution < -0.4 is 9.47 Å². The molecule has 0 saturated carbocycles. The number of carbonyl (C=O) groups is 2. The highest BCUT2D eigenvalue weighted by molar-refractivity contribution is 6.46. The smallest absolute Gasteiger partial charge is 0.295 e. The molecule has 4 rings (SSSR count). The van der Waals surface area contributed by atoms with E-state index in [1.165, 1.54) is 4.90 Å². The van der Waals surface area contributed by atoms with Crippen molar-refractivity contribution in [1.29, 1.82) is 0 Å². The fourth-order valence-corrected chi connectivity index (χ4v) is 4.64. The fraction of sp³-hybridized carbons (Fsp3) is 0.407. The van der Waals surface area contributed by atoms with Gasteiger partial charge in [-0.25, -0.2) is 0 Å². The Morgan fingerprint density at radius 3 is 2.59 bits per heavy atom. The van der Waals surface area contributed by atoms with Crippen LogP contribution in [0.1, 0.15) is 49.4 Å². The van der Waals surface area contributed by atoms with Crippen LogP contribution >= 0.6 is 0 Å². The first-order valence-corrected chi connectivity index (χ1v) is 11.8. The fourth-order valence-electron chi connectivity index (χ4n) is 4.64. The predicted octanol–water partition coefficient (Wildman–Crippen LogP) is 4.39. The summed E-state index contributed by atoms with van der Waals surface area (Å²) in [5.41, 5.74) is 2.16. The molecule has 0 aromatic heterocycles. The molecular weight excluding hydrogens is 434 g/mol. The molecule has 2 fully saturated rings. The molecule has 2 aliphatic rings. The Morgan fingerprint density at radius 2 is 1.91 bits per heavy atom. The Labute approximate surface area is 199 Å². The zero-order valence-corrected chi connectivity index (χ0v) is 19.9. The van der Waals surface area contributed by atoms with Crippen LogP contribution in [0.5, 0.6) is 11.5 Å². The topological polar surface area (TPSA) is 85.3 Å². The normalized spacial score (nSPS) is 21.8. The summed E-state index contributed by atoms with van der Waals surface area (Å²) >= 11 is 0. The van der Waals surface area contributed by atoms with Gasteiger partial charge in [0.15, 0.2) is 0 Å². The molecule has 7 nitrogen and oxygen atoms in total. The van der Waals surface area contributed by atoms with Crippen LogP contribution in [0.2, 0.25) is 0 Å². The van der Waals surface area contributed by atoms with Crippen LogP contribution in [-0.4, -0.2) is 54.2 Å². The van der Waals surface area contributed by atoms with Crippen LogP contribution in [0.15, 0.2) is 48.0 Å². The van der Waals surface area contributed by atoms with Crippen molar-refractivity contribution in [2.24, 2.45) is 0 Å². The second kappa shape index (κ2) is 10.3. The second-order valence-corrected chi connectivity index (χ2v) is 8.52. The summed E-state index contributed by atoms with van der Waals surface area (Å²) in [6.07, 6.45) is 1.62. The van der Waals surface area contributed by atoms with E-state index in [4.69, 9.17) is 14.2 Å². The zero-order chi connectivity index (χ0) is 24.2. The first-order chi connectivity index (χ1) is 16.4. The summed E-state index contributed by atoms with van der Waals surface area (Å²) in [6.45, 7) is 7.46. The van der Waals surface area contributed by atoms with Gasteiger partial charge < -0.3 is 24.2 Å². The van der Waals surface area contributed by atoms with Gasteiger partial charge >= 0.3 is 0 Å². The zero-order valence-electron chi connectivity index (χ0n) is 19.9. The summed E-state index contributed by atoms with van der Waals surface area (Å²) in [7, 11) is 0. The molecule has 1 amide bonds. The average molecular weight is 466 g/mol. The number of ketones is 1. The lowest BCUT2D eigenvalue weighted by Crippen LogP contribution is -2.36. The van der Waals surface area contributed by atoms with E-state index in [0.29, 0.717) is 43.4 Å². The number of nitrogens with zero attached hydrogens (tertiary/aromatic N) is 1. The van der Waals surface area contributed by atoms with E-state index in [0.717, 1.165) is 24.0 Å². The maximum Gasteiger partial charge on any atom is 0.295 e. The molecule has 7 heteroatoms. The summed E-state index contributed by atoms with van der Waals surface area (Å²) in [6, 6.07) is 12.0. The van der Waals surface area contributed by atoms with Gasteiger partial charge in [0.05, 0.1) is 36.5 Å². The third-order valence-electron chi connectivity index (χ3n) is 6.14. The number of hydrogen-bond acceptors (Lipinski definition) is 6. The van der Waals surface area contributed by atoms with E-state index in [9.17, 15) is 14.7 Å². The maximum absolute atomic E-state index is 13.3. The van der Waals surface area contributed by atoms with Crippen molar-refractivity contribution in [2.75, 3.05) is 26.4 Å². The molecule has 180 valence electrons. The monoisotopic (exact) mass is 465 g/mol. The molecular formula is C27H31NO6. The number of rotatable bonds is 8. The molecule has 2 saturated heterocycles. The van der Waals surface area contributed by atoms with Gasteiger partial charge in [0.2, 0.25) is 0 Å². The number of hydrogen-bond donors (Lipinski definition) is 1. The van der Waals surface area contributed by atoms with E-state index in [1.54, 1.807) is 18.2 Å². The van der Waals surface area contributed by atoms with Gasteiger partial charge in [-0.3, -0.25) is 9.59 Å². The number of ether oxygens (including phenoxy) is 3. The highest BCUT2D eigenvalue weighted by atomic mass is 16.5. The molecule has 2 heterocycles. The molecule has 2 aromatic rings. The minimum Gasteiger partial charge on any atom is -0.507 e. The molecule has 0 radical (unpaired) electrons. The lowest BCUT2D eigenvalue weighted by Gasteiger charge is -2.27. The van der Waals surface area contributed by atoms with Crippen LogP contribution in [0.3, 0.4) is 0 Å². The molecule has 2 aliphatic heterocycles. The van der Waals surface area contributed by atoms with Crippen molar-refractivity contribution in [1.82, 2.24) is 4.90 Å². The summed E-state index contributed by atoms with van der Waals surface area (Å²) < 4.78 is 17.1. The van der Waals surface area contributed by atoms with E-state index in [2.05, 4.69) is 0 Å². The van der Waals surface area contributed by atoms with E-state index in [1.807, 2.05) is 45.0 Å². The summed E-state index contributed by atoms with van der Waals surface area (Å²) in [5.74, 6) is -0.618. The Hall–Kier alpha value is -3.32. The number of aliphatic hydroxyl groups is 1. The van der Waals surface area contributed by atoms with Gasteiger partial charge in [0, 0.05) is 19.2 Å². The van der Waals surface area contributed by atoms with Crippen LogP contribution in [0.4, 0.5) is 0 Å². The largest absolute Gasteiger partial charge is 0.507 e. The summed E-state index contributed by atoms with van der Waals surface area (Å²) in [4.78, 5) is 28.0. The van der Waals surface area contributed by atoms with Gasteiger partial charge in [-0.1, -0.05) is 29.8 Å². The van der Waals surface area contributed by atoms with Crippen LogP contribution in [0, 0.1) is 6.92 Å². The lowest BCUT2D eigenvalue weighted by atomic mass is 9.94. The SMILES string of the molecule is CCOc1ccc(/C(O)=C2/C(=O)C(=O)N(CC3CCCO3)C2c2cccc(C)c2)c(OCC)c1. The highest BCUT2D eigenvalue weighted by Crippen LogP contribution is 2.42. The first-order valence-electron chi connectivity index (χ1n) is 11.8. The number of carbonyl (C=O) groups excluding carboxylic acids is 2. The molecule has 0 bridgehead atoms. The maximum atomic E-state index is 13.3. The number of likely N-dealkylation sites (tertiary alicyclic amines) is 1. The number of amides is 1. The van der Waals surface area contributed by atoms with E-state index < -0.39 is 17.7 Å². The van der Waals surface area contributed by atoms with E-state index >= 15 is 0 Å². The van der Waals surface area contributed by atoms with Crippen molar-refractivity contribution in [3.05, 3.63) is 64.7 Å². The minimum atomic E-state index is -0.717. The van der Waals surface area contributed by atoms with Crippen molar-refractivity contribution in [3.63, 3.8) is 0 Å². The number of aryl methyl sites for hydroxylation is 1. The molecule has 34 heavy (non-hydrogen) atoms. The van der Waals surface area contributed by atoms with Gasteiger partial charge in [-0.2, -0.15) is 0 Å². The Bertz CT molecular complexity index is 1100. The van der Waals surface area contributed by atoms with Gasteiger partial charge in [0.1, 0.15) is 17.3 Å². The summed E-state index contributed by atoms with van der Waals surface area (Å²) in [5, 5.41) is 11.4. The molecule has 2 unspecified atom stereocenters. The number of aliphatic hydroxyl groups excluding tert-OH is 1. The minimum absolute atomic E-state index is 0.0544. The van der Waals surface area contributed by atoms with Crippen molar-refractivity contribution < 1.29 is 28.9 Å². The Morgan fingerprint density at radius 1 is 1.12 bits per heavy atom. The molecule has 0 aliphatic carbocycles. The lowest BCUT2D eigenvalue weighted by molar-refractivity contribution is -0.140. The van der Waals surface area contributed by atoms with Gasteiger partial charge in [-0.15, -0.1) is 0 Å². The van der Waals surface area contributed by atoms with Gasteiger partial charge in [-0.05, 0) is 51.3 Å². The third kappa shape index (κ3) is 4.66. The van der Waals surface area contributed by atoms with Crippen LogP contribution in [0.25, 0.3) is 5.76 Å². The standard InChI is InChI=1S/C27H31NO6/c1-4-32-19-11-12-21(22(15-19)33-5-2)25(29)23-24(18-9-6-8-17(3)14-18)28(27(31)26(23)30)16-20-10-7-13-34-20/h6,8-9,11-12,14-15,20,24,29H,4-5,7,10,13,16H2,1-3H3/b25-23-. The first kappa shape index (κ1) is 23.8. The average Bonchev–Trinajstić information content (AvgIpc) is 3.42. The highest BCUT2D eigenvalue weighted by Gasteiger charge is 2.47. The predicted molar refractivity (Wildman–Crippen MR) is 128 cm³/mol. The number of Topliss-reactive ketones (excluding diaryl/α,β-unsaturated/α-hetero) is 1. The Kier molecular flexibility index (Phi) is 7.22. The van der Waals surface area contributed by atoms with Crippen molar-refractivity contribution >= 4 is 17.4 Å². The number of benzene rings is 2. The van der Waals surface area contributed by atoms with Crippen molar-refractivity contribution in [2.45, 2.75) is 45.8 Å². The molecule has 2 aromatic carbocycles. The third-order valence-corrected chi connectivity index (χ3v) is 6.14. The molecule has 1 N–H and O–H groups in total. The van der Waals surface area contributed by atoms with Gasteiger partial charge in [0.25, 0.3) is 11.7 Å². The Balaban J connectivity index is 1.84. The second-order valence-electron chi connectivity index (χ2n) is 8.52.